The van der Waals surface area contributed by atoms with E-state index in [-0.39, 0.29) is 43.4 Å². The van der Waals surface area contributed by atoms with Gasteiger partial charge in [-0.2, -0.15) is 0 Å². The summed E-state index contributed by atoms with van der Waals surface area (Å²) in [5.41, 5.74) is 6.12. The van der Waals surface area contributed by atoms with Crippen molar-refractivity contribution in [2.45, 2.75) is 59.0 Å². The van der Waals surface area contributed by atoms with Crippen LogP contribution in [0.1, 0.15) is 74.5 Å². The van der Waals surface area contributed by atoms with Crippen molar-refractivity contribution in [3.63, 3.8) is 0 Å². The summed E-state index contributed by atoms with van der Waals surface area (Å²) in [5.74, 6) is 0.416. The number of phenolic OH excluding ortho intramolecular Hbond substituents is 1. The minimum Gasteiger partial charge on any atom is -0.507 e. The number of benzene rings is 7. The van der Waals surface area contributed by atoms with Crippen LogP contribution in [0.5, 0.6) is 5.75 Å². The second-order valence-electron chi connectivity index (χ2n) is 16.3. The molecule has 0 aliphatic rings. The number of phenols is 1. The number of nitrogens with zero attached hydrogens (tertiary/aromatic N) is 3. The fourth-order valence-corrected chi connectivity index (χ4v) is 7.84. The molecule has 0 aliphatic heterocycles. The van der Waals surface area contributed by atoms with E-state index in [9.17, 15) is 5.11 Å². The van der Waals surface area contributed by atoms with Crippen LogP contribution in [0, 0.1) is 12.9 Å². The standard InChI is InChI=1S/C57H50N3O.Pt/c1-37-31-49(40-19-12-9-13-20-40)52(36-48(37)39-17-10-8-11-18-39)60-51-23-16-22-46(54(51)59-55(60)47-21-14-15-24-53(47)61)42-32-43(34-45(33-42)57(5,6)7)50-35-41(29-30-58-50)38-25-27-44(28-26-38)56(2,3)4;/h8-31,33-36,61H,1-7H3;/q-1;/i1D3,2D3,3D3,4D3;. The van der Waals surface area contributed by atoms with E-state index in [1.54, 1.807) is 36.5 Å². The molecule has 0 radical (unpaired) electrons. The van der Waals surface area contributed by atoms with Gasteiger partial charge in [0.2, 0.25) is 0 Å². The topological polar surface area (TPSA) is 50.9 Å². The Morgan fingerprint density at radius 3 is 1.90 bits per heavy atom. The van der Waals surface area contributed by atoms with Crippen molar-refractivity contribution in [3.05, 3.63) is 193 Å². The molecule has 5 heteroatoms. The van der Waals surface area contributed by atoms with Crippen LogP contribution in [0.2, 0.25) is 0 Å². The number of hydrogen-bond donors (Lipinski definition) is 1. The predicted octanol–water partition coefficient (Wildman–Crippen LogP) is 14.8. The average Bonchev–Trinajstić information content (AvgIpc) is 3.72. The number of pyridine rings is 1. The third kappa shape index (κ3) is 8.20. The molecule has 0 bridgehead atoms. The Kier molecular flexibility index (Phi) is 8.10. The van der Waals surface area contributed by atoms with Gasteiger partial charge < -0.3 is 5.11 Å². The third-order valence-corrected chi connectivity index (χ3v) is 11.1. The molecule has 1 N–H and O–H groups in total. The molecule has 0 atom stereocenters. The first-order valence-electron chi connectivity index (χ1n) is 26.0. The van der Waals surface area contributed by atoms with E-state index in [4.69, 9.17) is 26.4 Å². The Hall–Kier alpha value is -6.35. The maximum Gasteiger partial charge on any atom is 0.148 e. The summed E-state index contributed by atoms with van der Waals surface area (Å²) in [4.78, 5) is 10.1. The molecular formula is C57H50N3OPt-. The van der Waals surface area contributed by atoms with Crippen LogP contribution < -0.4 is 0 Å². The van der Waals surface area contributed by atoms with Gasteiger partial charge in [0, 0.05) is 55.0 Å². The van der Waals surface area contributed by atoms with Crippen LogP contribution in [-0.4, -0.2) is 19.6 Å². The number of aromatic hydroxyl groups is 1. The van der Waals surface area contributed by atoms with Gasteiger partial charge >= 0.3 is 0 Å². The molecule has 0 saturated heterocycles. The number of para-hydroxylation sites is 2. The SMILES string of the molecule is [2H]C([2H])([2H])c1cc(-c2ccccc2)c(-n2c(-c3ccccc3O)nc3c(-c4[c-]c(-c5cc(-c6ccc(C(C([2H])([2H])[2H])(C([2H])([2H])[2H])C([2H])([2H])[2H])cc6)ccn5)cc(C(C)(C)C)c4)cccc32)cc1-c1ccccc1.[Pt]. The summed E-state index contributed by atoms with van der Waals surface area (Å²) in [7, 11) is 0. The molecule has 62 heavy (non-hydrogen) atoms. The zero-order chi connectivity index (χ0) is 52.5. The van der Waals surface area contributed by atoms with Crippen molar-refractivity contribution < 1.29 is 42.6 Å². The monoisotopic (exact) mass is 999 g/mol. The van der Waals surface area contributed by atoms with Crippen LogP contribution in [-0.2, 0) is 31.9 Å². The Bertz CT molecular complexity index is 3470. The Labute approximate surface area is 397 Å². The zero-order valence-corrected chi connectivity index (χ0v) is 36.5. The molecule has 0 unspecified atom stereocenters. The summed E-state index contributed by atoms with van der Waals surface area (Å²) < 4.78 is 102. The van der Waals surface area contributed by atoms with Gasteiger partial charge in [-0.05, 0) is 93.0 Å². The van der Waals surface area contributed by atoms with Gasteiger partial charge in [-0.15, -0.1) is 29.3 Å². The summed E-state index contributed by atoms with van der Waals surface area (Å²) >= 11 is 0. The number of aromatic nitrogens is 3. The smallest absolute Gasteiger partial charge is 0.148 e. The third-order valence-electron chi connectivity index (χ3n) is 11.1. The molecule has 7 aromatic carbocycles. The normalized spacial score (nSPS) is 15.4. The number of hydrogen-bond acceptors (Lipinski definition) is 3. The molecule has 0 fully saturated rings. The van der Waals surface area contributed by atoms with Crippen molar-refractivity contribution in [3.8, 4) is 78.6 Å². The maximum absolute atomic E-state index is 11.5. The van der Waals surface area contributed by atoms with E-state index in [0.29, 0.717) is 67.2 Å². The molecule has 0 amide bonds. The first kappa shape index (κ1) is 29.8. The fourth-order valence-electron chi connectivity index (χ4n) is 7.84. The van der Waals surface area contributed by atoms with E-state index in [1.165, 1.54) is 24.3 Å². The van der Waals surface area contributed by atoms with Crippen molar-refractivity contribution >= 4 is 11.0 Å². The molecule has 0 saturated carbocycles. The number of fused-ring (bicyclic) bond motifs is 1. The van der Waals surface area contributed by atoms with Gasteiger partial charge in [0.15, 0.2) is 0 Å². The number of rotatable bonds is 7. The summed E-state index contributed by atoms with van der Waals surface area (Å²) in [6, 6.07) is 52.3. The average molecular weight is 1000 g/mol. The van der Waals surface area contributed by atoms with Crippen LogP contribution in [0.4, 0.5) is 0 Å². The second kappa shape index (κ2) is 16.8. The summed E-state index contributed by atoms with van der Waals surface area (Å²) in [5, 5.41) is 11.5. The largest absolute Gasteiger partial charge is 0.507 e. The van der Waals surface area contributed by atoms with E-state index < -0.39 is 32.8 Å². The quantitative estimate of drug-likeness (QED) is 0.162. The Balaban J connectivity index is 0.00000729. The Morgan fingerprint density at radius 1 is 0.565 bits per heavy atom. The second-order valence-corrected chi connectivity index (χ2v) is 16.3. The van der Waals surface area contributed by atoms with Crippen LogP contribution in [0.3, 0.4) is 0 Å². The molecule has 9 aromatic rings. The fraction of sp³-hybridized carbons (Fsp3) is 0.158. The van der Waals surface area contributed by atoms with Gasteiger partial charge in [-0.3, -0.25) is 9.55 Å². The number of aryl methyl sites for hydroxylation is 1. The first-order chi connectivity index (χ1) is 34.3. The van der Waals surface area contributed by atoms with Gasteiger partial charge in [-0.1, -0.05) is 168 Å². The van der Waals surface area contributed by atoms with Crippen LogP contribution >= 0.6 is 0 Å². The van der Waals surface area contributed by atoms with Crippen molar-refractivity contribution in [1.82, 2.24) is 14.5 Å². The molecule has 0 spiro atoms. The van der Waals surface area contributed by atoms with Gasteiger partial charge in [0.1, 0.15) is 11.6 Å². The minimum absolute atomic E-state index is 0. The number of imidazole rings is 1. The molecule has 2 heterocycles. The van der Waals surface area contributed by atoms with Crippen molar-refractivity contribution in [2.75, 3.05) is 0 Å². The van der Waals surface area contributed by atoms with Crippen molar-refractivity contribution in [2.24, 2.45) is 0 Å². The predicted molar refractivity (Wildman–Crippen MR) is 254 cm³/mol. The molecular weight excluding hydrogens is 938 g/mol. The van der Waals surface area contributed by atoms with E-state index in [1.807, 2.05) is 108 Å². The zero-order valence-electron chi connectivity index (χ0n) is 46.3. The molecule has 2 aromatic heterocycles. The van der Waals surface area contributed by atoms with Crippen LogP contribution in [0.15, 0.2) is 170 Å². The first-order valence-corrected chi connectivity index (χ1v) is 20.0. The van der Waals surface area contributed by atoms with Gasteiger partial charge in [-0.25, -0.2) is 4.98 Å². The molecule has 9 rings (SSSR count). The van der Waals surface area contributed by atoms with Gasteiger partial charge in [0.05, 0.1) is 22.3 Å². The molecule has 0 aliphatic carbocycles. The summed E-state index contributed by atoms with van der Waals surface area (Å²) in [6.45, 7) is -6.34. The van der Waals surface area contributed by atoms with Gasteiger partial charge in [0.25, 0.3) is 0 Å². The van der Waals surface area contributed by atoms with E-state index >= 15 is 0 Å². The van der Waals surface area contributed by atoms with E-state index in [2.05, 4.69) is 32.9 Å². The van der Waals surface area contributed by atoms with Crippen molar-refractivity contribution in [1.29, 1.82) is 0 Å². The molecule has 310 valence electrons. The minimum atomic E-state index is -3.39. The van der Waals surface area contributed by atoms with Crippen LogP contribution in [0.25, 0.3) is 83.9 Å². The van der Waals surface area contributed by atoms with E-state index in [0.717, 1.165) is 22.3 Å². The Morgan fingerprint density at radius 2 is 1.23 bits per heavy atom. The summed E-state index contributed by atoms with van der Waals surface area (Å²) in [6.07, 6.45) is 1.62. The maximum atomic E-state index is 11.5. The molecule has 4 nitrogen and oxygen atoms in total.